The van der Waals surface area contributed by atoms with Crippen LogP contribution in [0.4, 0.5) is 5.69 Å². The highest BCUT2D eigenvalue weighted by atomic mass is 32.2. The number of aromatic nitrogens is 2. The van der Waals surface area contributed by atoms with Crippen molar-refractivity contribution < 1.29 is 19.5 Å². The number of thioether (sulfide) groups is 1. The number of aromatic carboxylic acids is 1. The predicted molar refractivity (Wildman–Crippen MR) is 121 cm³/mol. The molecule has 4 rings (SSSR count). The fourth-order valence-corrected chi connectivity index (χ4v) is 4.37. The van der Waals surface area contributed by atoms with Crippen molar-refractivity contribution >= 4 is 35.2 Å². The Morgan fingerprint density at radius 1 is 0.970 bits per heavy atom. The largest absolute Gasteiger partial charge is 0.545 e. The minimum absolute atomic E-state index is 0.0409. The molecule has 166 valence electrons. The topological polar surface area (TPSA) is 115 Å². The highest BCUT2D eigenvalue weighted by Gasteiger charge is 2.39. The van der Waals surface area contributed by atoms with Crippen LogP contribution in [-0.4, -0.2) is 32.7 Å². The summed E-state index contributed by atoms with van der Waals surface area (Å²) in [5, 5.41) is 14.5. The third-order valence-electron chi connectivity index (χ3n) is 4.83. The summed E-state index contributed by atoms with van der Waals surface area (Å²) in [6.45, 7) is 3.74. The van der Waals surface area contributed by atoms with E-state index in [2.05, 4.69) is 15.3 Å². The highest BCUT2D eigenvalue weighted by molar-refractivity contribution is 8.04. The van der Waals surface area contributed by atoms with E-state index >= 15 is 0 Å². The molecular formula is C24H19N4O4S-. The maximum absolute atomic E-state index is 13.3. The van der Waals surface area contributed by atoms with Crippen LogP contribution in [0, 0.1) is 13.8 Å². The number of carboxylic acid groups (broad SMARTS) is 1. The van der Waals surface area contributed by atoms with Crippen molar-refractivity contribution in [2.45, 2.75) is 25.5 Å². The van der Waals surface area contributed by atoms with Crippen LogP contribution < -0.4 is 10.4 Å². The predicted octanol–water partition coefficient (Wildman–Crippen LogP) is 2.44. The minimum atomic E-state index is -1.34. The van der Waals surface area contributed by atoms with Gasteiger partial charge in [-0.25, -0.2) is 9.97 Å². The van der Waals surface area contributed by atoms with Crippen LogP contribution in [-0.2, 0) is 16.1 Å². The van der Waals surface area contributed by atoms with E-state index < -0.39 is 17.8 Å². The van der Waals surface area contributed by atoms with Crippen molar-refractivity contribution in [3.63, 3.8) is 0 Å². The SMILES string of the molecule is Cc1cc(C)nc(SC2=C(Nc3cccc(C(=O)[O-])c3)C(=O)N(Cc3ccccc3)C2=O)n1. The highest BCUT2D eigenvalue weighted by Crippen LogP contribution is 2.35. The molecular weight excluding hydrogens is 440 g/mol. The molecule has 2 aromatic carbocycles. The summed E-state index contributed by atoms with van der Waals surface area (Å²) in [4.78, 5) is 47.8. The first-order valence-corrected chi connectivity index (χ1v) is 10.9. The minimum Gasteiger partial charge on any atom is -0.545 e. The zero-order chi connectivity index (χ0) is 23.5. The standard InChI is InChI=1S/C24H20N4O4S/c1-14-11-15(2)26-24(25-14)33-20-19(27-18-10-6-9-17(12-18)23(31)32)21(29)28(22(20)30)13-16-7-4-3-5-8-16/h3-12,27H,13H2,1-2H3,(H,31,32)/p-1. The summed E-state index contributed by atoms with van der Waals surface area (Å²) >= 11 is 0.998. The number of anilines is 1. The summed E-state index contributed by atoms with van der Waals surface area (Å²) in [5.41, 5.74) is 2.60. The number of nitrogens with zero attached hydrogens (tertiary/aromatic N) is 3. The van der Waals surface area contributed by atoms with E-state index in [-0.39, 0.29) is 22.7 Å². The molecule has 8 nitrogen and oxygen atoms in total. The zero-order valence-corrected chi connectivity index (χ0v) is 18.7. The van der Waals surface area contributed by atoms with Crippen LogP contribution in [0.3, 0.4) is 0 Å². The molecule has 0 spiro atoms. The molecule has 1 aliphatic rings. The molecule has 1 aliphatic heterocycles. The second-order valence-corrected chi connectivity index (χ2v) is 8.39. The van der Waals surface area contributed by atoms with Gasteiger partial charge in [0.25, 0.3) is 11.8 Å². The molecule has 0 aliphatic carbocycles. The lowest BCUT2D eigenvalue weighted by Gasteiger charge is -2.15. The third kappa shape index (κ3) is 4.93. The van der Waals surface area contributed by atoms with Crippen molar-refractivity contribution in [1.29, 1.82) is 0 Å². The second kappa shape index (κ2) is 9.25. The molecule has 0 fully saturated rings. The number of nitrogens with one attached hydrogen (secondary N) is 1. The van der Waals surface area contributed by atoms with Gasteiger partial charge in [-0.1, -0.05) is 42.5 Å². The lowest BCUT2D eigenvalue weighted by Crippen LogP contribution is -2.32. The van der Waals surface area contributed by atoms with Gasteiger partial charge in [0.1, 0.15) is 10.6 Å². The average Bonchev–Trinajstić information content (AvgIpc) is 2.98. The third-order valence-corrected chi connectivity index (χ3v) is 5.78. The van der Waals surface area contributed by atoms with Gasteiger partial charge in [-0.2, -0.15) is 0 Å². The van der Waals surface area contributed by atoms with E-state index in [0.29, 0.717) is 10.8 Å². The Balaban J connectivity index is 1.72. The van der Waals surface area contributed by atoms with Gasteiger partial charge in [0.05, 0.1) is 12.5 Å². The van der Waals surface area contributed by atoms with Gasteiger partial charge < -0.3 is 15.2 Å². The van der Waals surface area contributed by atoms with E-state index in [1.165, 1.54) is 18.2 Å². The number of rotatable bonds is 7. The van der Waals surface area contributed by atoms with Gasteiger partial charge in [0.15, 0.2) is 5.16 Å². The number of imide groups is 1. The van der Waals surface area contributed by atoms with E-state index in [1.54, 1.807) is 6.07 Å². The molecule has 0 atom stereocenters. The zero-order valence-electron chi connectivity index (χ0n) is 17.9. The molecule has 0 bridgehead atoms. The van der Waals surface area contributed by atoms with E-state index in [1.807, 2.05) is 50.2 Å². The molecule has 1 aromatic heterocycles. The number of amides is 2. The fourth-order valence-electron chi connectivity index (χ4n) is 3.37. The van der Waals surface area contributed by atoms with Crippen LogP contribution in [0.25, 0.3) is 0 Å². The lowest BCUT2D eigenvalue weighted by molar-refractivity contribution is -0.255. The summed E-state index contributed by atoms with van der Waals surface area (Å²) in [6, 6.07) is 16.8. The number of aryl methyl sites for hydroxylation is 2. The number of carbonyl (C=O) groups is 3. The van der Waals surface area contributed by atoms with Crippen LogP contribution in [0.15, 0.2) is 76.4 Å². The first-order chi connectivity index (χ1) is 15.8. The number of hydrogen-bond acceptors (Lipinski definition) is 8. The van der Waals surface area contributed by atoms with Gasteiger partial charge in [0.2, 0.25) is 0 Å². The number of carbonyl (C=O) groups excluding carboxylic acids is 3. The van der Waals surface area contributed by atoms with Crippen molar-refractivity contribution in [3.8, 4) is 0 Å². The number of benzene rings is 2. The Morgan fingerprint density at radius 2 is 1.67 bits per heavy atom. The maximum atomic E-state index is 13.3. The monoisotopic (exact) mass is 459 g/mol. The van der Waals surface area contributed by atoms with Crippen molar-refractivity contribution in [2.75, 3.05) is 5.32 Å². The second-order valence-electron chi connectivity index (χ2n) is 7.41. The summed E-state index contributed by atoms with van der Waals surface area (Å²) in [7, 11) is 0. The number of carboxylic acids is 1. The first-order valence-electron chi connectivity index (χ1n) is 10.0. The summed E-state index contributed by atoms with van der Waals surface area (Å²) in [5.74, 6) is -2.34. The Hall–Kier alpha value is -3.98. The smallest absolute Gasteiger partial charge is 0.278 e. The maximum Gasteiger partial charge on any atom is 0.278 e. The fraction of sp³-hybridized carbons (Fsp3) is 0.125. The quantitative estimate of drug-likeness (QED) is 0.423. The van der Waals surface area contributed by atoms with Crippen LogP contribution in [0.1, 0.15) is 27.3 Å². The van der Waals surface area contributed by atoms with E-state index in [4.69, 9.17) is 0 Å². The van der Waals surface area contributed by atoms with E-state index in [0.717, 1.165) is 33.6 Å². The summed E-state index contributed by atoms with van der Waals surface area (Å²) in [6.07, 6.45) is 0. The molecule has 0 saturated carbocycles. The van der Waals surface area contributed by atoms with Crippen LogP contribution in [0.5, 0.6) is 0 Å². The molecule has 9 heteroatoms. The Bertz CT molecular complexity index is 1270. The molecule has 33 heavy (non-hydrogen) atoms. The molecule has 2 heterocycles. The molecule has 0 saturated heterocycles. The molecule has 2 amide bonds. The first kappa shape index (κ1) is 22.2. The Kier molecular flexibility index (Phi) is 6.23. The van der Waals surface area contributed by atoms with E-state index in [9.17, 15) is 19.5 Å². The van der Waals surface area contributed by atoms with Gasteiger partial charge in [-0.3, -0.25) is 14.5 Å². The summed E-state index contributed by atoms with van der Waals surface area (Å²) < 4.78 is 0. The van der Waals surface area contributed by atoms with Gasteiger partial charge in [-0.05, 0) is 54.9 Å². The van der Waals surface area contributed by atoms with Gasteiger partial charge >= 0.3 is 0 Å². The average molecular weight is 460 g/mol. The number of hydrogen-bond donors (Lipinski definition) is 1. The Labute approximate surface area is 194 Å². The molecule has 3 aromatic rings. The van der Waals surface area contributed by atoms with Crippen molar-refractivity contribution in [1.82, 2.24) is 14.9 Å². The van der Waals surface area contributed by atoms with Crippen LogP contribution in [0.2, 0.25) is 0 Å². The van der Waals surface area contributed by atoms with Crippen molar-refractivity contribution in [3.05, 3.63) is 93.8 Å². The lowest BCUT2D eigenvalue weighted by atomic mass is 10.2. The Morgan fingerprint density at radius 3 is 2.33 bits per heavy atom. The van der Waals surface area contributed by atoms with Gasteiger partial charge in [-0.15, -0.1) is 0 Å². The van der Waals surface area contributed by atoms with Crippen LogP contribution >= 0.6 is 11.8 Å². The normalized spacial score (nSPS) is 13.6. The molecule has 0 unspecified atom stereocenters. The molecule has 0 radical (unpaired) electrons. The molecule has 1 N–H and O–H groups in total. The van der Waals surface area contributed by atoms with Gasteiger partial charge in [0, 0.05) is 17.1 Å². The van der Waals surface area contributed by atoms with Crippen molar-refractivity contribution in [2.24, 2.45) is 0 Å².